The van der Waals surface area contributed by atoms with Gasteiger partial charge < -0.3 is 19.3 Å². The molecule has 9 heteroatoms. The Balaban J connectivity index is 1.19. The lowest BCUT2D eigenvalue weighted by atomic mass is 9.98. The molecule has 2 aliphatic rings. The lowest BCUT2D eigenvalue weighted by Crippen LogP contribution is -2.38. The molecule has 0 radical (unpaired) electrons. The fourth-order valence-electron chi connectivity index (χ4n) is 4.40. The minimum atomic E-state index is -0.295. The highest BCUT2D eigenvalue weighted by Crippen LogP contribution is 2.35. The number of esters is 1. The summed E-state index contributed by atoms with van der Waals surface area (Å²) in [6.45, 7) is 5.25. The highest BCUT2D eigenvalue weighted by atomic mass is 32.2. The number of thioether (sulfide) groups is 1. The van der Waals surface area contributed by atoms with Crippen molar-refractivity contribution < 1.29 is 28.9 Å². The quantitative estimate of drug-likeness (QED) is 0.336. The van der Waals surface area contributed by atoms with Gasteiger partial charge in [0.05, 0.1) is 33.0 Å². The van der Waals surface area contributed by atoms with Crippen LogP contribution in [0.1, 0.15) is 33.0 Å². The van der Waals surface area contributed by atoms with Gasteiger partial charge in [-0.25, -0.2) is 4.79 Å². The monoisotopic (exact) mass is 519 g/mol. The number of carbonyl (C=O) groups is 2. The Labute approximate surface area is 214 Å². The Kier molecular flexibility index (Phi) is 10.2. The molecule has 1 saturated heterocycles. The predicted octanol–water partition coefficient (Wildman–Crippen LogP) is 3.63. The van der Waals surface area contributed by atoms with E-state index < -0.39 is 0 Å². The van der Waals surface area contributed by atoms with Crippen molar-refractivity contribution >= 4 is 34.9 Å². The number of morpholine rings is 1. The van der Waals surface area contributed by atoms with Crippen LogP contribution >= 0.6 is 23.1 Å². The molecule has 190 valence electrons. The summed E-state index contributed by atoms with van der Waals surface area (Å²) in [5, 5.41) is 9.54. The number of benzene rings is 1. The molecule has 1 N–H and O–H groups in total. The van der Waals surface area contributed by atoms with E-state index in [1.807, 2.05) is 30.3 Å². The minimum Gasteiger partial charge on any atom is -0.460 e. The van der Waals surface area contributed by atoms with Gasteiger partial charge in [-0.1, -0.05) is 18.2 Å². The number of ketones is 1. The second kappa shape index (κ2) is 13.5. The van der Waals surface area contributed by atoms with Crippen LogP contribution in [-0.2, 0) is 32.2 Å². The standard InChI is InChI=1S/C26H33NO6S2/c28-15-19-3-1-2-4-24(19)34-18-22-20(5-7-23(22)29)16-32-17-21-6-8-25(35-21)26(30)33-14-11-27-9-12-31-13-10-27/h1-4,6,8,20,22,28H,5,7,9-18H2/t20-,22-/m1/s1. The summed E-state index contributed by atoms with van der Waals surface area (Å²) in [6.07, 6.45) is 1.44. The number of hydrogen-bond acceptors (Lipinski definition) is 9. The number of thiophene rings is 1. The molecule has 1 aromatic heterocycles. The van der Waals surface area contributed by atoms with Gasteiger partial charge in [-0.15, -0.1) is 23.1 Å². The average molecular weight is 520 g/mol. The first-order valence-electron chi connectivity index (χ1n) is 12.1. The average Bonchev–Trinajstić information content (AvgIpc) is 3.50. The number of aliphatic hydroxyl groups excluding tert-OH is 1. The summed E-state index contributed by atoms with van der Waals surface area (Å²) in [5.74, 6) is 0.860. The SMILES string of the molecule is O=C(OCCN1CCOCC1)c1ccc(COC[C@H]2CCC(=O)[C@@H]2CSc2ccccc2CO)s1. The zero-order chi connectivity index (χ0) is 24.5. The highest BCUT2D eigenvalue weighted by molar-refractivity contribution is 7.99. The topological polar surface area (TPSA) is 85.3 Å². The molecule has 1 aromatic carbocycles. The molecule has 1 aliphatic heterocycles. The minimum absolute atomic E-state index is 0.00144. The summed E-state index contributed by atoms with van der Waals surface area (Å²) >= 11 is 3.03. The molecule has 7 nitrogen and oxygen atoms in total. The van der Waals surface area contributed by atoms with Gasteiger partial charge >= 0.3 is 5.97 Å². The number of aliphatic hydroxyl groups is 1. The number of nitrogens with zero attached hydrogens (tertiary/aromatic N) is 1. The van der Waals surface area contributed by atoms with Gasteiger partial charge in [-0.2, -0.15) is 0 Å². The zero-order valence-electron chi connectivity index (χ0n) is 19.9. The molecule has 0 unspecified atom stereocenters. The second-order valence-electron chi connectivity index (χ2n) is 8.82. The van der Waals surface area contributed by atoms with E-state index in [1.165, 1.54) is 11.3 Å². The van der Waals surface area contributed by atoms with E-state index in [0.717, 1.165) is 54.6 Å². The summed E-state index contributed by atoms with van der Waals surface area (Å²) in [5.41, 5.74) is 0.892. The van der Waals surface area contributed by atoms with E-state index >= 15 is 0 Å². The van der Waals surface area contributed by atoms with Gasteiger partial charge in [-0.3, -0.25) is 9.69 Å². The van der Waals surface area contributed by atoms with Crippen LogP contribution in [0.25, 0.3) is 0 Å². The molecule has 2 aromatic rings. The molecule has 35 heavy (non-hydrogen) atoms. The normalized spacial score (nSPS) is 20.9. The molecule has 0 amide bonds. The van der Waals surface area contributed by atoms with Crippen LogP contribution in [0.2, 0.25) is 0 Å². The molecule has 2 atom stereocenters. The van der Waals surface area contributed by atoms with E-state index in [1.54, 1.807) is 17.8 Å². The smallest absolute Gasteiger partial charge is 0.348 e. The van der Waals surface area contributed by atoms with Crippen molar-refractivity contribution in [1.82, 2.24) is 4.90 Å². The van der Waals surface area contributed by atoms with E-state index in [9.17, 15) is 14.7 Å². The van der Waals surface area contributed by atoms with Crippen molar-refractivity contribution in [3.05, 3.63) is 51.7 Å². The van der Waals surface area contributed by atoms with Crippen molar-refractivity contribution in [3.63, 3.8) is 0 Å². The van der Waals surface area contributed by atoms with Crippen molar-refractivity contribution in [1.29, 1.82) is 0 Å². The molecule has 1 aliphatic carbocycles. The Morgan fingerprint density at radius 3 is 2.86 bits per heavy atom. The second-order valence-corrected chi connectivity index (χ2v) is 11.0. The third kappa shape index (κ3) is 7.62. The Bertz CT molecular complexity index is 974. The third-order valence-electron chi connectivity index (χ3n) is 6.49. The lowest BCUT2D eigenvalue weighted by Gasteiger charge is -2.26. The van der Waals surface area contributed by atoms with Gasteiger partial charge in [0.1, 0.15) is 17.3 Å². The molecule has 2 fully saturated rings. The van der Waals surface area contributed by atoms with Crippen molar-refractivity contribution in [2.45, 2.75) is 31.0 Å². The maximum Gasteiger partial charge on any atom is 0.348 e. The summed E-state index contributed by atoms with van der Waals surface area (Å²) in [7, 11) is 0. The van der Waals surface area contributed by atoms with Gasteiger partial charge in [0, 0.05) is 47.5 Å². The summed E-state index contributed by atoms with van der Waals surface area (Å²) in [6, 6.07) is 11.5. The fraction of sp³-hybridized carbons (Fsp3) is 0.538. The number of hydrogen-bond donors (Lipinski definition) is 1. The van der Waals surface area contributed by atoms with Gasteiger partial charge in [0.25, 0.3) is 0 Å². The maximum absolute atomic E-state index is 12.5. The van der Waals surface area contributed by atoms with Crippen LogP contribution in [-0.4, -0.2) is 73.6 Å². The number of Topliss-reactive ketones (excluding diaryl/α,β-unsaturated/α-hetero) is 1. The molecule has 0 spiro atoms. The van der Waals surface area contributed by atoms with Crippen LogP contribution in [0.5, 0.6) is 0 Å². The Morgan fingerprint density at radius 1 is 1.20 bits per heavy atom. The zero-order valence-corrected chi connectivity index (χ0v) is 21.5. The highest BCUT2D eigenvalue weighted by Gasteiger charge is 2.34. The predicted molar refractivity (Wildman–Crippen MR) is 136 cm³/mol. The van der Waals surface area contributed by atoms with Gasteiger partial charge in [-0.05, 0) is 36.1 Å². The number of rotatable bonds is 12. The summed E-state index contributed by atoms with van der Waals surface area (Å²) in [4.78, 5) is 29.6. The van der Waals surface area contributed by atoms with Crippen LogP contribution in [0.4, 0.5) is 0 Å². The lowest BCUT2D eigenvalue weighted by molar-refractivity contribution is -0.120. The first-order chi connectivity index (χ1) is 17.1. The van der Waals surface area contributed by atoms with E-state index in [-0.39, 0.29) is 24.4 Å². The molecule has 2 heterocycles. The fourth-order valence-corrected chi connectivity index (χ4v) is 6.55. The largest absolute Gasteiger partial charge is 0.460 e. The Morgan fingerprint density at radius 2 is 2.03 bits per heavy atom. The molecular formula is C26H33NO6S2. The number of ether oxygens (including phenoxy) is 3. The molecule has 4 rings (SSSR count). The van der Waals surface area contributed by atoms with E-state index in [0.29, 0.717) is 42.7 Å². The van der Waals surface area contributed by atoms with Crippen LogP contribution < -0.4 is 0 Å². The Hall–Kier alpha value is -1.75. The van der Waals surface area contributed by atoms with Crippen LogP contribution in [0, 0.1) is 11.8 Å². The van der Waals surface area contributed by atoms with E-state index in [4.69, 9.17) is 14.2 Å². The molecule has 1 saturated carbocycles. The van der Waals surface area contributed by atoms with Crippen LogP contribution in [0.3, 0.4) is 0 Å². The van der Waals surface area contributed by atoms with Crippen molar-refractivity contribution in [3.8, 4) is 0 Å². The van der Waals surface area contributed by atoms with Crippen molar-refractivity contribution in [2.24, 2.45) is 11.8 Å². The first-order valence-corrected chi connectivity index (χ1v) is 13.9. The van der Waals surface area contributed by atoms with Gasteiger partial charge in [0.15, 0.2) is 0 Å². The number of carbonyl (C=O) groups excluding carboxylic acids is 2. The summed E-state index contributed by atoms with van der Waals surface area (Å²) < 4.78 is 16.7. The van der Waals surface area contributed by atoms with Crippen LogP contribution in [0.15, 0.2) is 41.3 Å². The molecule has 0 bridgehead atoms. The van der Waals surface area contributed by atoms with Crippen molar-refractivity contribution in [2.75, 3.05) is 51.8 Å². The maximum atomic E-state index is 12.5. The first kappa shape index (κ1) is 26.3. The molecular weight excluding hydrogens is 486 g/mol. The third-order valence-corrected chi connectivity index (χ3v) is 8.76. The van der Waals surface area contributed by atoms with E-state index in [2.05, 4.69) is 4.90 Å². The van der Waals surface area contributed by atoms with Gasteiger partial charge in [0.2, 0.25) is 0 Å².